The summed E-state index contributed by atoms with van der Waals surface area (Å²) < 4.78 is 1.81. The van der Waals surface area contributed by atoms with Crippen molar-refractivity contribution >= 4 is 5.96 Å². The highest BCUT2D eigenvalue weighted by molar-refractivity contribution is 5.80. The Morgan fingerprint density at radius 2 is 2.05 bits per heavy atom. The average Bonchev–Trinajstić information content (AvgIpc) is 2.95. The Kier molecular flexibility index (Phi) is 5.14. The van der Waals surface area contributed by atoms with E-state index >= 15 is 0 Å². The van der Waals surface area contributed by atoms with Crippen LogP contribution in [-0.2, 0) is 13.1 Å². The number of guanidine groups is 1. The van der Waals surface area contributed by atoms with Gasteiger partial charge in [0.05, 0.1) is 6.54 Å². The minimum atomic E-state index is -0.0171. The van der Waals surface area contributed by atoms with Crippen molar-refractivity contribution in [1.29, 1.82) is 0 Å². The molecule has 1 heterocycles. The van der Waals surface area contributed by atoms with Crippen molar-refractivity contribution < 1.29 is 0 Å². The van der Waals surface area contributed by atoms with E-state index in [4.69, 9.17) is 0 Å². The van der Waals surface area contributed by atoms with Gasteiger partial charge >= 0.3 is 0 Å². The summed E-state index contributed by atoms with van der Waals surface area (Å²) in [5.41, 5.74) is 2.38. The molecule has 0 aliphatic carbocycles. The topological polar surface area (TPSA) is 67.1 Å². The van der Waals surface area contributed by atoms with Gasteiger partial charge < -0.3 is 10.6 Å². The van der Waals surface area contributed by atoms with E-state index in [9.17, 15) is 0 Å². The first kappa shape index (κ1) is 16.0. The number of hydrogen-bond donors (Lipinski definition) is 2. The van der Waals surface area contributed by atoms with Crippen LogP contribution in [0.2, 0.25) is 0 Å². The van der Waals surface area contributed by atoms with Gasteiger partial charge in [-0.1, -0.05) is 24.3 Å². The molecule has 2 aromatic rings. The number of aliphatic imine (C=N–C) groups is 1. The summed E-state index contributed by atoms with van der Waals surface area (Å²) in [7, 11) is 1.78. The predicted octanol–water partition coefficient (Wildman–Crippen LogP) is 1.79. The second-order valence-electron chi connectivity index (χ2n) is 6.21. The Hall–Kier alpha value is -2.37. The molecular weight excluding hydrogens is 276 g/mol. The van der Waals surface area contributed by atoms with E-state index < -0.39 is 0 Å². The first-order valence-corrected chi connectivity index (χ1v) is 7.35. The van der Waals surface area contributed by atoms with Crippen molar-refractivity contribution in [3.05, 3.63) is 48.0 Å². The molecule has 0 aliphatic heterocycles. The Morgan fingerprint density at radius 3 is 2.68 bits per heavy atom. The van der Waals surface area contributed by atoms with Crippen molar-refractivity contribution in [1.82, 2.24) is 25.4 Å². The molecule has 6 nitrogen and oxygen atoms in total. The van der Waals surface area contributed by atoms with Gasteiger partial charge in [0.25, 0.3) is 0 Å². The van der Waals surface area contributed by atoms with Crippen molar-refractivity contribution in [3.63, 3.8) is 0 Å². The van der Waals surface area contributed by atoms with E-state index in [1.807, 2.05) is 4.68 Å². The van der Waals surface area contributed by atoms with Crippen LogP contribution < -0.4 is 10.6 Å². The smallest absolute Gasteiger partial charge is 0.191 e. The molecule has 0 radical (unpaired) electrons. The van der Waals surface area contributed by atoms with Crippen LogP contribution in [0.1, 0.15) is 31.9 Å². The lowest BCUT2D eigenvalue weighted by Crippen LogP contribution is -2.47. The van der Waals surface area contributed by atoms with Crippen molar-refractivity contribution in [2.75, 3.05) is 7.05 Å². The lowest BCUT2D eigenvalue weighted by molar-refractivity contribution is 0.501. The van der Waals surface area contributed by atoms with Gasteiger partial charge in [-0.3, -0.25) is 4.99 Å². The van der Waals surface area contributed by atoms with E-state index in [0.29, 0.717) is 0 Å². The number of benzene rings is 1. The fraction of sp³-hybridized carbons (Fsp3) is 0.438. The maximum atomic E-state index is 4.24. The van der Waals surface area contributed by atoms with Crippen LogP contribution in [0.5, 0.6) is 0 Å². The molecule has 0 atom stereocenters. The largest absolute Gasteiger partial charge is 0.352 e. The van der Waals surface area contributed by atoms with Crippen LogP contribution in [0.15, 0.2) is 41.9 Å². The van der Waals surface area contributed by atoms with Gasteiger partial charge in [-0.15, -0.1) is 0 Å². The highest BCUT2D eigenvalue weighted by Crippen LogP contribution is 2.07. The first-order valence-electron chi connectivity index (χ1n) is 7.35. The van der Waals surface area contributed by atoms with E-state index in [1.165, 1.54) is 11.1 Å². The summed E-state index contributed by atoms with van der Waals surface area (Å²) in [5.74, 6) is 0.800. The average molecular weight is 300 g/mol. The summed E-state index contributed by atoms with van der Waals surface area (Å²) >= 11 is 0. The maximum Gasteiger partial charge on any atom is 0.191 e. The summed E-state index contributed by atoms with van der Waals surface area (Å²) in [6.07, 6.45) is 3.27. The maximum absolute atomic E-state index is 4.24. The number of aromatic nitrogens is 3. The lowest BCUT2D eigenvalue weighted by atomic mass is 10.1. The second kappa shape index (κ2) is 7.06. The molecule has 0 aliphatic rings. The quantitative estimate of drug-likeness (QED) is 0.667. The van der Waals surface area contributed by atoms with Gasteiger partial charge in [0, 0.05) is 19.1 Å². The molecule has 2 rings (SSSR count). The van der Waals surface area contributed by atoms with Gasteiger partial charge in [0.1, 0.15) is 12.7 Å². The molecule has 0 saturated heterocycles. The Morgan fingerprint density at radius 1 is 1.27 bits per heavy atom. The minimum absolute atomic E-state index is 0.0171. The molecule has 22 heavy (non-hydrogen) atoms. The number of nitrogens with one attached hydrogen (secondary N) is 2. The van der Waals surface area contributed by atoms with Crippen LogP contribution in [-0.4, -0.2) is 33.3 Å². The van der Waals surface area contributed by atoms with Crippen molar-refractivity contribution in [3.8, 4) is 0 Å². The Bertz CT molecular complexity index is 610. The minimum Gasteiger partial charge on any atom is -0.352 e. The normalized spacial score (nSPS) is 12.3. The third-order valence-corrected chi connectivity index (χ3v) is 2.98. The molecule has 0 unspecified atom stereocenters. The number of hydrogen-bond acceptors (Lipinski definition) is 3. The lowest BCUT2D eigenvalue weighted by Gasteiger charge is -2.23. The van der Waals surface area contributed by atoms with Crippen LogP contribution in [0, 0.1) is 0 Å². The van der Waals surface area contributed by atoms with Crippen LogP contribution in [0.4, 0.5) is 0 Å². The zero-order valence-electron chi connectivity index (χ0n) is 13.7. The fourth-order valence-corrected chi connectivity index (χ4v) is 2.06. The molecule has 0 spiro atoms. The molecule has 0 saturated carbocycles. The monoisotopic (exact) mass is 300 g/mol. The first-order chi connectivity index (χ1) is 10.5. The van der Waals surface area contributed by atoms with Crippen LogP contribution in [0.25, 0.3) is 0 Å². The molecule has 2 N–H and O–H groups in total. The highest BCUT2D eigenvalue weighted by atomic mass is 15.3. The summed E-state index contributed by atoms with van der Waals surface area (Å²) in [6.45, 7) is 7.78. The van der Waals surface area contributed by atoms with Gasteiger partial charge in [0.15, 0.2) is 5.96 Å². The molecule has 0 bridgehead atoms. The third kappa shape index (κ3) is 5.20. The zero-order chi connectivity index (χ0) is 16.0. The van der Waals surface area contributed by atoms with Gasteiger partial charge in [0.2, 0.25) is 0 Å². The SMILES string of the molecule is CN=C(NCc1cccc(Cn2cncn2)c1)NC(C)(C)C. The Labute approximate surface area is 131 Å². The van der Waals surface area contributed by atoms with Crippen molar-refractivity contribution in [2.24, 2.45) is 4.99 Å². The summed E-state index contributed by atoms with van der Waals surface area (Å²) in [4.78, 5) is 8.20. The number of rotatable bonds is 4. The molecule has 0 amide bonds. The zero-order valence-corrected chi connectivity index (χ0v) is 13.7. The Balaban J connectivity index is 1.95. The van der Waals surface area contributed by atoms with E-state index in [2.05, 4.69) is 70.7 Å². The molecule has 118 valence electrons. The molecule has 1 aromatic heterocycles. The van der Waals surface area contributed by atoms with Gasteiger partial charge in [-0.25, -0.2) is 9.67 Å². The summed E-state index contributed by atoms with van der Waals surface area (Å²) in [5, 5.41) is 10.8. The molecular formula is C16H24N6. The van der Waals surface area contributed by atoms with Crippen LogP contribution >= 0.6 is 0 Å². The highest BCUT2D eigenvalue weighted by Gasteiger charge is 2.11. The standard InChI is InChI=1S/C16H24N6/c1-16(2,3)21-15(17-4)19-9-13-6-5-7-14(8-13)10-22-12-18-11-20-22/h5-8,11-12H,9-10H2,1-4H3,(H2,17,19,21). The van der Waals surface area contributed by atoms with Gasteiger partial charge in [-0.2, -0.15) is 5.10 Å². The van der Waals surface area contributed by atoms with Gasteiger partial charge in [-0.05, 0) is 31.9 Å². The molecule has 6 heteroatoms. The van der Waals surface area contributed by atoms with Crippen LogP contribution in [0.3, 0.4) is 0 Å². The van der Waals surface area contributed by atoms with E-state index in [-0.39, 0.29) is 5.54 Å². The summed E-state index contributed by atoms with van der Waals surface area (Å²) in [6, 6.07) is 8.41. The van der Waals surface area contributed by atoms with Crippen molar-refractivity contribution in [2.45, 2.75) is 39.4 Å². The van der Waals surface area contributed by atoms with E-state index in [1.54, 1.807) is 19.7 Å². The number of nitrogens with zero attached hydrogens (tertiary/aromatic N) is 4. The molecule has 1 aromatic carbocycles. The predicted molar refractivity (Wildman–Crippen MR) is 88.7 cm³/mol. The fourth-order valence-electron chi connectivity index (χ4n) is 2.06. The molecule has 0 fully saturated rings. The second-order valence-corrected chi connectivity index (χ2v) is 6.21. The third-order valence-electron chi connectivity index (χ3n) is 2.98. The van der Waals surface area contributed by atoms with E-state index in [0.717, 1.165) is 19.0 Å².